The first kappa shape index (κ1) is 10.6. The molecular weight excluding hydrogens is 194 g/mol. The zero-order valence-electron chi connectivity index (χ0n) is 9.00. The molecule has 1 saturated heterocycles. The third kappa shape index (κ3) is 2.19. The zero-order chi connectivity index (χ0) is 9.97. The Bertz CT molecular complexity index is 219. The molecule has 0 spiro atoms. The van der Waals surface area contributed by atoms with Gasteiger partial charge in [0, 0.05) is 22.6 Å². The van der Waals surface area contributed by atoms with Crippen molar-refractivity contribution in [2.45, 2.75) is 50.3 Å². The average molecular weight is 215 g/mol. The van der Waals surface area contributed by atoms with E-state index in [2.05, 4.69) is 12.2 Å². The highest BCUT2D eigenvalue weighted by molar-refractivity contribution is 7.85. The predicted molar refractivity (Wildman–Crippen MR) is 60.8 cm³/mol. The SMILES string of the molecule is CCC1CCC2NCCCS(=O)C2C1. The van der Waals surface area contributed by atoms with E-state index in [4.69, 9.17) is 0 Å². The van der Waals surface area contributed by atoms with Crippen molar-refractivity contribution in [2.24, 2.45) is 5.92 Å². The summed E-state index contributed by atoms with van der Waals surface area (Å²) in [5.41, 5.74) is 0. The minimum Gasteiger partial charge on any atom is -0.313 e. The molecule has 2 fully saturated rings. The van der Waals surface area contributed by atoms with Crippen LogP contribution in [0.5, 0.6) is 0 Å². The zero-order valence-corrected chi connectivity index (χ0v) is 9.81. The molecule has 0 aromatic heterocycles. The first-order chi connectivity index (χ1) is 6.81. The number of hydrogen-bond donors (Lipinski definition) is 1. The molecular formula is C11H21NOS. The van der Waals surface area contributed by atoms with Crippen LogP contribution in [0.3, 0.4) is 0 Å². The topological polar surface area (TPSA) is 29.1 Å². The van der Waals surface area contributed by atoms with E-state index in [9.17, 15) is 4.21 Å². The van der Waals surface area contributed by atoms with E-state index in [1.165, 1.54) is 25.7 Å². The second kappa shape index (κ2) is 4.75. The lowest BCUT2D eigenvalue weighted by Crippen LogP contribution is -2.44. The van der Waals surface area contributed by atoms with Gasteiger partial charge in [0.25, 0.3) is 0 Å². The van der Waals surface area contributed by atoms with Crippen LogP contribution in [-0.2, 0) is 10.8 Å². The standard InChI is InChI=1S/C11H21NOS/c1-2-9-4-5-10-11(8-9)14(13)7-3-6-12-10/h9-12H,2-8H2,1H3. The van der Waals surface area contributed by atoms with Gasteiger partial charge in [0.2, 0.25) is 0 Å². The van der Waals surface area contributed by atoms with E-state index >= 15 is 0 Å². The summed E-state index contributed by atoms with van der Waals surface area (Å²) in [6.45, 7) is 3.34. The molecule has 4 atom stereocenters. The van der Waals surface area contributed by atoms with Crippen molar-refractivity contribution in [1.82, 2.24) is 5.32 Å². The molecule has 1 saturated carbocycles. The molecule has 0 amide bonds. The van der Waals surface area contributed by atoms with Gasteiger partial charge in [0.15, 0.2) is 0 Å². The Hall–Kier alpha value is 0.110. The van der Waals surface area contributed by atoms with Gasteiger partial charge in [0.1, 0.15) is 0 Å². The fraction of sp³-hybridized carbons (Fsp3) is 1.00. The number of nitrogens with one attached hydrogen (secondary N) is 1. The molecule has 1 aliphatic carbocycles. The monoisotopic (exact) mass is 215 g/mol. The van der Waals surface area contributed by atoms with Crippen LogP contribution in [-0.4, -0.2) is 27.8 Å². The summed E-state index contributed by atoms with van der Waals surface area (Å²) in [6.07, 6.45) is 6.13. The van der Waals surface area contributed by atoms with Gasteiger partial charge in [-0.1, -0.05) is 13.3 Å². The quantitative estimate of drug-likeness (QED) is 0.721. The molecule has 1 aliphatic heterocycles. The minimum absolute atomic E-state index is 0.455. The summed E-state index contributed by atoms with van der Waals surface area (Å²) in [4.78, 5) is 0. The second-order valence-corrected chi connectivity index (χ2v) is 6.40. The maximum atomic E-state index is 12.0. The van der Waals surface area contributed by atoms with Crippen molar-refractivity contribution in [2.75, 3.05) is 12.3 Å². The van der Waals surface area contributed by atoms with Crippen molar-refractivity contribution in [3.8, 4) is 0 Å². The normalized spacial score (nSPS) is 44.1. The molecule has 2 aliphatic rings. The van der Waals surface area contributed by atoms with Crippen LogP contribution in [0.25, 0.3) is 0 Å². The smallest absolute Gasteiger partial charge is 0.0503 e. The lowest BCUT2D eigenvalue weighted by Gasteiger charge is -2.34. The first-order valence-electron chi connectivity index (χ1n) is 5.91. The molecule has 3 heteroatoms. The van der Waals surface area contributed by atoms with Crippen LogP contribution < -0.4 is 5.32 Å². The first-order valence-corrected chi connectivity index (χ1v) is 7.30. The van der Waals surface area contributed by atoms with Gasteiger partial charge >= 0.3 is 0 Å². The highest BCUT2D eigenvalue weighted by Gasteiger charge is 2.34. The number of hydrogen-bond acceptors (Lipinski definition) is 2. The molecule has 2 nitrogen and oxygen atoms in total. The van der Waals surface area contributed by atoms with Gasteiger partial charge in [-0.15, -0.1) is 0 Å². The molecule has 1 heterocycles. The van der Waals surface area contributed by atoms with Gasteiger partial charge in [0.05, 0.1) is 5.25 Å². The fourth-order valence-electron chi connectivity index (χ4n) is 2.76. The van der Waals surface area contributed by atoms with Crippen LogP contribution in [0.15, 0.2) is 0 Å². The third-order valence-electron chi connectivity index (χ3n) is 3.74. The Morgan fingerprint density at radius 2 is 2.29 bits per heavy atom. The van der Waals surface area contributed by atoms with E-state index in [1.54, 1.807) is 0 Å². The van der Waals surface area contributed by atoms with E-state index in [0.29, 0.717) is 11.3 Å². The largest absolute Gasteiger partial charge is 0.313 e. The molecule has 0 aromatic carbocycles. The fourth-order valence-corrected chi connectivity index (χ4v) is 4.58. The van der Waals surface area contributed by atoms with E-state index in [1.807, 2.05) is 0 Å². The molecule has 4 unspecified atom stereocenters. The Kier molecular flexibility index (Phi) is 3.61. The van der Waals surface area contributed by atoms with Crippen LogP contribution in [0.4, 0.5) is 0 Å². The van der Waals surface area contributed by atoms with Crippen LogP contribution in [0, 0.1) is 5.92 Å². The Balaban J connectivity index is 2.04. The van der Waals surface area contributed by atoms with Crippen LogP contribution >= 0.6 is 0 Å². The molecule has 2 rings (SSSR count). The summed E-state index contributed by atoms with van der Waals surface area (Å²) in [5, 5.41) is 4.02. The van der Waals surface area contributed by atoms with Crippen molar-refractivity contribution in [3.63, 3.8) is 0 Å². The third-order valence-corrected chi connectivity index (χ3v) is 5.63. The summed E-state index contributed by atoms with van der Waals surface area (Å²) in [7, 11) is -0.559. The Morgan fingerprint density at radius 3 is 3.07 bits per heavy atom. The predicted octanol–water partition coefficient (Wildman–Crippen LogP) is 1.68. The molecule has 0 radical (unpaired) electrons. The van der Waals surface area contributed by atoms with Gasteiger partial charge < -0.3 is 5.32 Å². The molecule has 0 aromatic rings. The van der Waals surface area contributed by atoms with Crippen molar-refractivity contribution < 1.29 is 4.21 Å². The lowest BCUT2D eigenvalue weighted by atomic mass is 9.84. The van der Waals surface area contributed by atoms with E-state index < -0.39 is 10.8 Å². The van der Waals surface area contributed by atoms with Gasteiger partial charge in [-0.25, -0.2) is 0 Å². The molecule has 0 bridgehead atoms. The molecule has 1 N–H and O–H groups in total. The maximum absolute atomic E-state index is 12.0. The van der Waals surface area contributed by atoms with Gasteiger partial charge in [-0.3, -0.25) is 4.21 Å². The van der Waals surface area contributed by atoms with E-state index in [0.717, 1.165) is 24.6 Å². The van der Waals surface area contributed by atoms with Crippen LogP contribution in [0.1, 0.15) is 39.0 Å². The van der Waals surface area contributed by atoms with Gasteiger partial charge in [-0.05, 0) is 38.1 Å². The summed E-state index contributed by atoms with van der Waals surface area (Å²) >= 11 is 0. The van der Waals surface area contributed by atoms with E-state index in [-0.39, 0.29) is 0 Å². The van der Waals surface area contributed by atoms with Crippen LogP contribution in [0.2, 0.25) is 0 Å². The Labute approximate surface area is 89.3 Å². The average Bonchev–Trinajstić information content (AvgIpc) is 2.40. The number of fused-ring (bicyclic) bond motifs is 1. The number of rotatable bonds is 1. The highest BCUT2D eigenvalue weighted by Crippen LogP contribution is 2.31. The molecule has 14 heavy (non-hydrogen) atoms. The minimum atomic E-state index is -0.559. The second-order valence-electron chi connectivity index (χ2n) is 4.62. The van der Waals surface area contributed by atoms with Gasteiger partial charge in [-0.2, -0.15) is 0 Å². The van der Waals surface area contributed by atoms with Crippen molar-refractivity contribution in [3.05, 3.63) is 0 Å². The van der Waals surface area contributed by atoms with Crippen molar-refractivity contribution in [1.29, 1.82) is 0 Å². The Morgan fingerprint density at radius 1 is 1.43 bits per heavy atom. The summed E-state index contributed by atoms with van der Waals surface area (Å²) < 4.78 is 12.0. The summed E-state index contributed by atoms with van der Waals surface area (Å²) in [5.74, 6) is 1.75. The van der Waals surface area contributed by atoms with Crippen molar-refractivity contribution >= 4 is 10.8 Å². The molecule has 82 valence electrons. The lowest BCUT2D eigenvalue weighted by molar-refractivity contribution is 0.296. The summed E-state index contributed by atoms with van der Waals surface area (Å²) in [6, 6.07) is 0.557. The maximum Gasteiger partial charge on any atom is 0.0503 e. The highest BCUT2D eigenvalue weighted by atomic mass is 32.2.